The van der Waals surface area contributed by atoms with Crippen LogP contribution in [-0.2, 0) is 0 Å². The van der Waals surface area contributed by atoms with Gasteiger partial charge in [-0.3, -0.25) is 0 Å². The third-order valence-electron chi connectivity index (χ3n) is 2.35. The summed E-state index contributed by atoms with van der Waals surface area (Å²) in [5.41, 5.74) is 0.524. The monoisotopic (exact) mass is 354 g/mol. The van der Waals surface area contributed by atoms with E-state index in [1.54, 1.807) is 37.4 Å². The molecule has 0 amide bonds. The van der Waals surface area contributed by atoms with Gasteiger partial charge in [-0.15, -0.1) is 0 Å². The van der Waals surface area contributed by atoms with Gasteiger partial charge in [-0.1, -0.05) is 18.2 Å². The molecule has 0 heterocycles. The molecular formula is C14H11IO3. The van der Waals surface area contributed by atoms with Gasteiger partial charge < -0.3 is 9.47 Å². The van der Waals surface area contributed by atoms with Gasteiger partial charge in [0.15, 0.2) is 0 Å². The molecule has 0 spiro atoms. The first kappa shape index (κ1) is 12.9. The zero-order valence-electron chi connectivity index (χ0n) is 9.72. The molecule has 3 nitrogen and oxygen atoms in total. The fourth-order valence-electron chi connectivity index (χ4n) is 1.42. The maximum absolute atomic E-state index is 11.9. The smallest absolute Gasteiger partial charge is 0.343 e. The number of carbonyl (C=O) groups excluding carboxylic acids is 1. The van der Waals surface area contributed by atoms with Crippen LogP contribution in [-0.4, -0.2) is 13.1 Å². The van der Waals surface area contributed by atoms with E-state index in [1.165, 1.54) is 0 Å². The van der Waals surface area contributed by atoms with Crippen molar-refractivity contribution in [3.63, 3.8) is 0 Å². The first-order valence-electron chi connectivity index (χ1n) is 5.31. The van der Waals surface area contributed by atoms with Crippen LogP contribution >= 0.6 is 22.6 Å². The predicted molar refractivity (Wildman–Crippen MR) is 77.1 cm³/mol. The van der Waals surface area contributed by atoms with Gasteiger partial charge in [0.2, 0.25) is 0 Å². The number of ether oxygens (including phenoxy) is 2. The summed E-state index contributed by atoms with van der Waals surface area (Å²) in [7, 11) is 1.57. The Morgan fingerprint density at radius 1 is 1.11 bits per heavy atom. The van der Waals surface area contributed by atoms with Crippen molar-refractivity contribution in [1.29, 1.82) is 0 Å². The molecule has 0 aliphatic rings. The van der Waals surface area contributed by atoms with Gasteiger partial charge in [0.25, 0.3) is 0 Å². The van der Waals surface area contributed by atoms with Crippen molar-refractivity contribution in [2.75, 3.05) is 7.11 Å². The number of hydrogen-bond donors (Lipinski definition) is 0. The molecular weight excluding hydrogens is 343 g/mol. The molecule has 0 saturated carbocycles. The van der Waals surface area contributed by atoms with E-state index >= 15 is 0 Å². The van der Waals surface area contributed by atoms with E-state index < -0.39 is 0 Å². The average molecular weight is 354 g/mol. The lowest BCUT2D eigenvalue weighted by Crippen LogP contribution is -2.09. The highest BCUT2D eigenvalue weighted by Crippen LogP contribution is 2.26. The average Bonchev–Trinajstić information content (AvgIpc) is 2.42. The van der Waals surface area contributed by atoms with Gasteiger partial charge in [0.05, 0.1) is 16.2 Å². The SMILES string of the molecule is COc1ccc(I)c(OC(=O)c2ccccc2)c1. The Morgan fingerprint density at radius 2 is 1.83 bits per heavy atom. The summed E-state index contributed by atoms with van der Waals surface area (Å²) < 4.78 is 11.3. The van der Waals surface area contributed by atoms with Crippen LogP contribution in [0.2, 0.25) is 0 Å². The summed E-state index contributed by atoms with van der Waals surface area (Å²) in [4.78, 5) is 11.9. The molecule has 4 heteroatoms. The molecule has 18 heavy (non-hydrogen) atoms. The lowest BCUT2D eigenvalue weighted by atomic mass is 10.2. The van der Waals surface area contributed by atoms with Crippen LogP contribution in [0.15, 0.2) is 48.5 Å². The van der Waals surface area contributed by atoms with Crippen LogP contribution in [0.3, 0.4) is 0 Å². The van der Waals surface area contributed by atoms with Crippen molar-refractivity contribution in [3.05, 3.63) is 57.7 Å². The summed E-state index contributed by atoms with van der Waals surface area (Å²) in [6, 6.07) is 14.2. The van der Waals surface area contributed by atoms with E-state index in [0.29, 0.717) is 17.1 Å². The van der Waals surface area contributed by atoms with E-state index in [2.05, 4.69) is 22.6 Å². The Bertz CT molecular complexity index is 552. The fourth-order valence-corrected chi connectivity index (χ4v) is 1.87. The molecule has 92 valence electrons. The minimum absolute atomic E-state index is 0.373. The number of hydrogen-bond acceptors (Lipinski definition) is 3. The number of halogens is 1. The van der Waals surface area contributed by atoms with Crippen molar-refractivity contribution >= 4 is 28.6 Å². The van der Waals surface area contributed by atoms with E-state index in [0.717, 1.165) is 3.57 Å². The highest BCUT2D eigenvalue weighted by molar-refractivity contribution is 14.1. The van der Waals surface area contributed by atoms with Crippen LogP contribution in [0.25, 0.3) is 0 Å². The molecule has 0 atom stereocenters. The number of rotatable bonds is 3. The molecule has 2 aromatic carbocycles. The molecule has 0 fully saturated rings. The summed E-state index contributed by atoms with van der Waals surface area (Å²) >= 11 is 2.11. The standard InChI is InChI=1S/C14H11IO3/c1-17-11-7-8-12(15)13(9-11)18-14(16)10-5-3-2-4-6-10/h2-9H,1H3. The van der Waals surface area contributed by atoms with Crippen molar-refractivity contribution in [2.24, 2.45) is 0 Å². The quantitative estimate of drug-likeness (QED) is 0.481. The van der Waals surface area contributed by atoms with Crippen LogP contribution in [0.1, 0.15) is 10.4 Å². The topological polar surface area (TPSA) is 35.5 Å². The molecule has 0 saturated heterocycles. The minimum atomic E-state index is -0.373. The molecule has 0 aliphatic heterocycles. The Morgan fingerprint density at radius 3 is 2.50 bits per heavy atom. The number of esters is 1. The maximum atomic E-state index is 11.9. The van der Waals surface area contributed by atoms with Crippen LogP contribution < -0.4 is 9.47 Å². The second-order valence-electron chi connectivity index (χ2n) is 3.55. The number of benzene rings is 2. The normalized spacial score (nSPS) is 9.89. The van der Waals surface area contributed by atoms with Crippen molar-refractivity contribution in [3.8, 4) is 11.5 Å². The molecule has 0 aromatic heterocycles. The molecule has 0 N–H and O–H groups in total. The predicted octanol–water partition coefficient (Wildman–Crippen LogP) is 3.52. The van der Waals surface area contributed by atoms with Crippen LogP contribution in [0, 0.1) is 3.57 Å². The third kappa shape index (κ3) is 3.01. The Kier molecular flexibility index (Phi) is 4.19. The lowest BCUT2D eigenvalue weighted by molar-refractivity contribution is 0.0733. The Balaban J connectivity index is 2.21. The molecule has 0 radical (unpaired) electrons. The summed E-state index contributed by atoms with van der Waals surface area (Å²) in [6.07, 6.45) is 0. The van der Waals surface area contributed by atoms with Crippen molar-refractivity contribution in [1.82, 2.24) is 0 Å². The number of methoxy groups -OCH3 is 1. The van der Waals surface area contributed by atoms with Gasteiger partial charge in [-0.2, -0.15) is 0 Å². The largest absolute Gasteiger partial charge is 0.497 e. The first-order valence-corrected chi connectivity index (χ1v) is 6.39. The first-order chi connectivity index (χ1) is 8.70. The van der Waals surface area contributed by atoms with Crippen molar-refractivity contribution in [2.45, 2.75) is 0 Å². The minimum Gasteiger partial charge on any atom is -0.497 e. The number of carbonyl (C=O) groups is 1. The maximum Gasteiger partial charge on any atom is 0.343 e. The second kappa shape index (κ2) is 5.86. The highest BCUT2D eigenvalue weighted by atomic mass is 127. The fraction of sp³-hybridized carbons (Fsp3) is 0.0714. The van der Waals surface area contributed by atoms with E-state index in [9.17, 15) is 4.79 Å². The van der Waals surface area contributed by atoms with Gasteiger partial charge in [-0.25, -0.2) is 4.79 Å². The summed E-state index contributed by atoms with van der Waals surface area (Å²) in [6.45, 7) is 0. The summed E-state index contributed by atoms with van der Waals surface area (Å²) in [5, 5.41) is 0. The van der Waals surface area contributed by atoms with E-state index in [4.69, 9.17) is 9.47 Å². The van der Waals surface area contributed by atoms with E-state index in [1.807, 2.05) is 18.2 Å². The highest BCUT2D eigenvalue weighted by Gasteiger charge is 2.11. The van der Waals surface area contributed by atoms with Gasteiger partial charge >= 0.3 is 5.97 Å². The van der Waals surface area contributed by atoms with Gasteiger partial charge in [-0.05, 0) is 46.9 Å². The lowest BCUT2D eigenvalue weighted by Gasteiger charge is -2.08. The second-order valence-corrected chi connectivity index (χ2v) is 4.71. The van der Waals surface area contributed by atoms with Gasteiger partial charge in [0.1, 0.15) is 11.5 Å². The molecule has 0 unspecified atom stereocenters. The van der Waals surface area contributed by atoms with E-state index in [-0.39, 0.29) is 5.97 Å². The zero-order chi connectivity index (χ0) is 13.0. The zero-order valence-corrected chi connectivity index (χ0v) is 11.9. The third-order valence-corrected chi connectivity index (χ3v) is 3.24. The molecule has 0 aliphatic carbocycles. The van der Waals surface area contributed by atoms with Crippen molar-refractivity contribution < 1.29 is 14.3 Å². The molecule has 0 bridgehead atoms. The Labute approximate surface area is 119 Å². The summed E-state index contributed by atoms with van der Waals surface area (Å²) in [5.74, 6) is 0.789. The molecule has 2 aromatic rings. The van der Waals surface area contributed by atoms with Crippen LogP contribution in [0.5, 0.6) is 11.5 Å². The molecule has 2 rings (SSSR count). The van der Waals surface area contributed by atoms with Crippen LogP contribution in [0.4, 0.5) is 0 Å². The van der Waals surface area contributed by atoms with Gasteiger partial charge in [0, 0.05) is 6.07 Å². The Hall–Kier alpha value is -1.56.